The molecule has 1 aromatic carbocycles. The summed E-state index contributed by atoms with van der Waals surface area (Å²) in [6.45, 7) is 7.12. The number of likely N-dealkylation sites (tertiary alicyclic amines) is 1. The van der Waals surface area contributed by atoms with Crippen molar-refractivity contribution in [3.63, 3.8) is 0 Å². The first kappa shape index (κ1) is 26.9. The fourth-order valence-electron chi connectivity index (χ4n) is 4.07. The van der Waals surface area contributed by atoms with Gasteiger partial charge in [0.25, 0.3) is 0 Å². The predicted molar refractivity (Wildman–Crippen MR) is 143 cm³/mol. The van der Waals surface area contributed by atoms with Crippen LogP contribution < -0.4 is 0 Å². The minimum Gasteiger partial charge on any atom is -0.507 e. The molecule has 1 amide bonds. The number of nitrogens with zero attached hydrogens (tertiary/aromatic N) is 2. The Labute approximate surface area is 213 Å². The third-order valence-corrected chi connectivity index (χ3v) is 6.79. The summed E-state index contributed by atoms with van der Waals surface area (Å²) in [5, 5.41) is 10.2. The molecule has 1 fully saturated rings. The van der Waals surface area contributed by atoms with E-state index in [1.54, 1.807) is 24.8 Å². The Hall–Kier alpha value is -1.31. The molecule has 174 valence electrons. The van der Waals surface area contributed by atoms with E-state index in [4.69, 9.17) is 4.98 Å². The highest BCUT2D eigenvalue weighted by molar-refractivity contribution is 9.10. The van der Waals surface area contributed by atoms with Crippen molar-refractivity contribution in [3.8, 4) is 5.75 Å². The number of piperidine rings is 1. The molecule has 2 heterocycles. The van der Waals surface area contributed by atoms with Gasteiger partial charge >= 0.3 is 0 Å². The van der Waals surface area contributed by atoms with Crippen LogP contribution in [0.15, 0.2) is 38.9 Å². The normalized spacial score (nSPS) is 14.8. The lowest BCUT2D eigenvalue weighted by atomic mass is 9.88. The van der Waals surface area contributed by atoms with E-state index in [0.29, 0.717) is 0 Å². The Balaban J connectivity index is 0.000000671. The molecule has 1 aliphatic heterocycles. The molecule has 0 radical (unpaired) electrons. The molecule has 1 N–H and O–H groups in total. The van der Waals surface area contributed by atoms with Gasteiger partial charge in [-0.1, -0.05) is 25.5 Å². The number of carbonyl (C=O) groups is 1. The molecule has 4 nitrogen and oxygen atoms in total. The summed E-state index contributed by atoms with van der Waals surface area (Å²) in [7, 11) is 0. The molecule has 2 aliphatic rings. The van der Waals surface area contributed by atoms with Crippen molar-refractivity contribution in [3.05, 3.63) is 61.3 Å². The summed E-state index contributed by atoms with van der Waals surface area (Å²) in [4.78, 5) is 18.4. The zero-order chi connectivity index (χ0) is 23.8. The third kappa shape index (κ3) is 6.17. The number of hydrogen-bond donors (Lipinski definition) is 1. The largest absolute Gasteiger partial charge is 0.507 e. The van der Waals surface area contributed by atoms with Gasteiger partial charge in [-0.05, 0) is 98.9 Å². The highest BCUT2D eigenvalue weighted by Gasteiger charge is 2.27. The Kier molecular flexibility index (Phi) is 10.8. The van der Waals surface area contributed by atoms with Crippen LogP contribution in [0.2, 0.25) is 0 Å². The number of aromatic nitrogens is 1. The predicted octanol–water partition coefficient (Wildman–Crippen LogP) is 6.86. The topological polar surface area (TPSA) is 53.4 Å². The minimum absolute atomic E-state index is 0.135. The summed E-state index contributed by atoms with van der Waals surface area (Å²) >= 11 is 8.88. The maximum Gasteiger partial charge on any atom is 0.219 e. The number of phenols is 1. The second-order valence-corrected chi connectivity index (χ2v) is 10.0. The lowest BCUT2D eigenvalue weighted by molar-refractivity contribution is -0.129. The highest BCUT2D eigenvalue weighted by Crippen LogP contribution is 2.42. The van der Waals surface area contributed by atoms with Crippen molar-refractivity contribution in [2.24, 2.45) is 0 Å². The van der Waals surface area contributed by atoms with E-state index in [1.807, 2.05) is 43.5 Å². The Morgan fingerprint density at radius 3 is 2.31 bits per heavy atom. The van der Waals surface area contributed by atoms with Gasteiger partial charge in [-0.2, -0.15) is 11.8 Å². The van der Waals surface area contributed by atoms with Gasteiger partial charge < -0.3 is 10.0 Å². The highest BCUT2D eigenvalue weighted by atomic mass is 79.9. The standard InChI is InChI=1S/C21H20Br2N2O2.C2H6S.C2H6/c1-12(26)25-8-6-13(7-9-25)19-16-4-5-18(27)20(23)17(16)3-2-14-10-15(22)11-24-21(14)19;1-3-2;1-2/h4-5,10-11,27H,2-3,6-9H2,1H3;1-2H3;1-2H3. The Bertz CT molecular complexity index is 982. The quantitative estimate of drug-likeness (QED) is 0.368. The van der Waals surface area contributed by atoms with E-state index < -0.39 is 0 Å². The minimum atomic E-state index is 0.135. The molecule has 0 bridgehead atoms. The number of aromatic hydroxyl groups is 1. The molecule has 0 saturated carbocycles. The summed E-state index contributed by atoms with van der Waals surface area (Å²) in [6.07, 6.45) is 9.34. The number of amides is 1. The lowest BCUT2D eigenvalue weighted by Crippen LogP contribution is -2.34. The molecule has 7 heteroatoms. The van der Waals surface area contributed by atoms with Crippen LogP contribution in [0.3, 0.4) is 0 Å². The number of hydrogen-bond acceptors (Lipinski definition) is 4. The second-order valence-electron chi connectivity index (χ2n) is 7.48. The summed E-state index contributed by atoms with van der Waals surface area (Å²) in [6, 6.07) is 5.90. The third-order valence-electron chi connectivity index (χ3n) is 5.47. The molecule has 0 unspecified atom stereocenters. The summed E-state index contributed by atoms with van der Waals surface area (Å²) in [5.41, 5.74) is 7.02. The van der Waals surface area contributed by atoms with Gasteiger partial charge in [0.05, 0.1) is 10.2 Å². The van der Waals surface area contributed by atoms with E-state index in [0.717, 1.165) is 64.5 Å². The number of aryl methyl sites for hydroxylation is 1. The lowest BCUT2D eigenvalue weighted by Gasteiger charge is -2.29. The SMILES string of the molecule is CC.CC(=O)N1CCC(=C2c3ccc(O)c(Br)c3CCc3cc(Br)cnc32)CC1.CSC. The van der Waals surface area contributed by atoms with E-state index in [2.05, 4.69) is 37.9 Å². The number of phenolic OH excluding ortho intramolecular Hbond substituents is 1. The number of halogens is 2. The van der Waals surface area contributed by atoms with Crippen LogP contribution >= 0.6 is 43.6 Å². The maximum absolute atomic E-state index is 11.7. The van der Waals surface area contributed by atoms with Crippen molar-refractivity contribution in [1.82, 2.24) is 9.88 Å². The van der Waals surface area contributed by atoms with Crippen LogP contribution in [-0.2, 0) is 17.6 Å². The van der Waals surface area contributed by atoms with Crippen molar-refractivity contribution in [2.45, 2.75) is 46.5 Å². The number of fused-ring (bicyclic) bond motifs is 2. The Morgan fingerprint density at radius 1 is 1.09 bits per heavy atom. The van der Waals surface area contributed by atoms with Gasteiger partial charge in [-0.15, -0.1) is 0 Å². The number of carbonyl (C=O) groups excluding carboxylic acids is 1. The molecule has 32 heavy (non-hydrogen) atoms. The molecule has 0 atom stereocenters. The molecule has 0 spiro atoms. The van der Waals surface area contributed by atoms with Crippen LogP contribution in [0, 0.1) is 0 Å². The first-order valence-electron chi connectivity index (χ1n) is 10.9. The average Bonchev–Trinajstić information content (AvgIpc) is 2.95. The first-order chi connectivity index (χ1) is 15.4. The molecule has 1 aromatic heterocycles. The smallest absolute Gasteiger partial charge is 0.219 e. The zero-order valence-corrected chi connectivity index (χ0v) is 23.5. The fourth-order valence-corrected chi connectivity index (χ4v) is 4.99. The van der Waals surface area contributed by atoms with Crippen LogP contribution in [-0.4, -0.2) is 46.5 Å². The zero-order valence-electron chi connectivity index (χ0n) is 19.5. The number of rotatable bonds is 0. The molecule has 2 aromatic rings. The maximum atomic E-state index is 11.7. The van der Waals surface area contributed by atoms with Gasteiger partial charge in [-0.25, -0.2) is 0 Å². The van der Waals surface area contributed by atoms with E-state index in [1.165, 1.54) is 16.7 Å². The van der Waals surface area contributed by atoms with Crippen molar-refractivity contribution >= 4 is 55.1 Å². The number of pyridine rings is 1. The van der Waals surface area contributed by atoms with E-state index in [9.17, 15) is 9.90 Å². The number of benzene rings is 1. The van der Waals surface area contributed by atoms with Gasteiger partial charge in [0.15, 0.2) is 0 Å². The molecular weight excluding hydrogens is 552 g/mol. The van der Waals surface area contributed by atoms with Crippen molar-refractivity contribution < 1.29 is 9.90 Å². The van der Waals surface area contributed by atoms with Crippen LogP contribution in [0.4, 0.5) is 0 Å². The van der Waals surface area contributed by atoms with Crippen LogP contribution in [0.1, 0.15) is 56.0 Å². The first-order valence-corrected chi connectivity index (χ1v) is 14.1. The molecule has 1 aliphatic carbocycles. The molecule has 1 saturated heterocycles. The van der Waals surface area contributed by atoms with E-state index >= 15 is 0 Å². The van der Waals surface area contributed by atoms with Crippen molar-refractivity contribution in [2.75, 3.05) is 25.6 Å². The van der Waals surface area contributed by atoms with Gasteiger partial charge in [0.2, 0.25) is 5.91 Å². The summed E-state index contributed by atoms with van der Waals surface area (Å²) < 4.78 is 1.75. The second kappa shape index (κ2) is 12.8. The fraction of sp³-hybridized carbons (Fsp3) is 0.440. The average molecular weight is 584 g/mol. The monoisotopic (exact) mass is 582 g/mol. The molecule has 4 rings (SSSR count). The van der Waals surface area contributed by atoms with Gasteiger partial charge in [0.1, 0.15) is 5.75 Å². The molecular formula is C25H32Br2N2O2S. The Morgan fingerprint density at radius 2 is 1.72 bits per heavy atom. The van der Waals surface area contributed by atoms with Crippen molar-refractivity contribution in [1.29, 1.82) is 0 Å². The van der Waals surface area contributed by atoms with Gasteiger partial charge in [0, 0.05) is 36.3 Å². The summed E-state index contributed by atoms with van der Waals surface area (Å²) in [5.74, 6) is 0.403. The van der Waals surface area contributed by atoms with Crippen LogP contribution in [0.5, 0.6) is 5.75 Å². The van der Waals surface area contributed by atoms with Crippen LogP contribution in [0.25, 0.3) is 5.57 Å². The number of thioether (sulfide) groups is 1. The van der Waals surface area contributed by atoms with E-state index in [-0.39, 0.29) is 11.7 Å². The van der Waals surface area contributed by atoms with Gasteiger partial charge in [-0.3, -0.25) is 9.78 Å².